The van der Waals surface area contributed by atoms with E-state index < -0.39 is 0 Å². The Hall–Kier alpha value is -8.46. The fourth-order valence-electron chi connectivity index (χ4n) is 14.0. The number of hydrogen-bond acceptors (Lipinski definition) is 2. The van der Waals surface area contributed by atoms with Gasteiger partial charge in [0.05, 0.1) is 0 Å². The number of allylic oxidation sites excluding steroid dienone is 6. The first-order valence-corrected chi connectivity index (χ1v) is 27.4. The third kappa shape index (κ3) is 6.92. The van der Waals surface area contributed by atoms with Crippen molar-refractivity contribution in [3.8, 4) is 44.5 Å². The minimum Gasteiger partial charge on any atom is -0.310 e. The number of para-hydroxylation sites is 2. The van der Waals surface area contributed by atoms with Crippen LogP contribution in [0.25, 0.3) is 76.8 Å². The van der Waals surface area contributed by atoms with Crippen molar-refractivity contribution in [2.75, 3.05) is 9.80 Å². The van der Waals surface area contributed by atoms with Crippen molar-refractivity contribution in [3.05, 3.63) is 263 Å². The minimum atomic E-state index is -0.158. The van der Waals surface area contributed by atoms with E-state index in [2.05, 4.69) is 242 Å². The van der Waals surface area contributed by atoms with Gasteiger partial charge in [-0.3, -0.25) is 0 Å². The standard InChI is InChI=1S/C73H58N2/c1-73(2)65-29-12-11-26-58(65)59-41-38-52(44-66(59)73)71-61-42-39-54(75-69-32-15-6-21-50(69)36-37-51-22-7-16-33-70(51)75)46-64(61)72(60-27-10-9-25-57(60)56-28-17-23-47-18-3-8-24-55(47)56)62-43-40-53(45-63(62)71)74-67-30-13-4-19-48(67)34-35-49-20-5-14-31-68(49)74/h3-4,6,8-19,21,23-33,38-46H,5,7,20,22,34-37H2,1-2H3. The maximum absolute atomic E-state index is 2.59. The van der Waals surface area contributed by atoms with Crippen LogP contribution < -0.4 is 9.80 Å². The first-order valence-electron chi connectivity index (χ1n) is 27.4. The smallest absolute Gasteiger partial charge is 0.0493 e. The van der Waals surface area contributed by atoms with Gasteiger partial charge in [-0.25, -0.2) is 0 Å². The quantitative estimate of drug-likeness (QED) is 0.159. The second kappa shape index (κ2) is 17.3. The molecule has 360 valence electrons. The molecule has 0 bridgehead atoms. The monoisotopic (exact) mass is 962 g/mol. The van der Waals surface area contributed by atoms with Gasteiger partial charge in [0, 0.05) is 39.6 Å². The Kier molecular flexibility index (Phi) is 10.2. The molecule has 0 spiro atoms. The molecule has 10 aromatic carbocycles. The van der Waals surface area contributed by atoms with Crippen LogP contribution in [0.3, 0.4) is 0 Å². The summed E-state index contributed by atoms with van der Waals surface area (Å²) in [7, 11) is 0. The molecule has 5 aliphatic rings. The Balaban J connectivity index is 1.08. The van der Waals surface area contributed by atoms with Crippen LogP contribution in [0.2, 0.25) is 0 Å². The molecule has 0 saturated heterocycles. The van der Waals surface area contributed by atoms with Crippen LogP contribution in [0.15, 0.2) is 241 Å². The number of rotatable bonds is 5. The topological polar surface area (TPSA) is 6.48 Å². The molecule has 2 heterocycles. The molecular formula is C73H58N2. The molecule has 75 heavy (non-hydrogen) atoms. The van der Waals surface area contributed by atoms with E-state index in [1.165, 1.54) is 133 Å². The third-order valence-corrected chi connectivity index (χ3v) is 17.6. The molecule has 2 nitrogen and oxygen atoms in total. The molecule has 0 unspecified atom stereocenters. The van der Waals surface area contributed by atoms with Crippen molar-refractivity contribution < 1.29 is 0 Å². The molecule has 15 rings (SSSR count). The first-order chi connectivity index (χ1) is 37.0. The van der Waals surface area contributed by atoms with Crippen LogP contribution in [-0.2, 0) is 18.3 Å². The maximum atomic E-state index is 2.59. The summed E-state index contributed by atoms with van der Waals surface area (Å²) in [6.45, 7) is 4.83. The van der Waals surface area contributed by atoms with Crippen molar-refractivity contribution >= 4 is 55.1 Å². The van der Waals surface area contributed by atoms with Crippen LogP contribution in [0, 0.1) is 0 Å². The lowest BCUT2D eigenvalue weighted by Gasteiger charge is -2.31. The van der Waals surface area contributed by atoms with Gasteiger partial charge in [0.1, 0.15) is 0 Å². The van der Waals surface area contributed by atoms with Gasteiger partial charge in [0.25, 0.3) is 0 Å². The largest absolute Gasteiger partial charge is 0.310 e. The van der Waals surface area contributed by atoms with Crippen LogP contribution in [0.5, 0.6) is 0 Å². The predicted molar refractivity (Wildman–Crippen MR) is 317 cm³/mol. The van der Waals surface area contributed by atoms with E-state index in [9.17, 15) is 0 Å². The van der Waals surface area contributed by atoms with E-state index in [-0.39, 0.29) is 5.41 Å². The zero-order valence-electron chi connectivity index (χ0n) is 42.8. The number of nitrogens with zero attached hydrogens (tertiary/aromatic N) is 2. The predicted octanol–water partition coefficient (Wildman–Crippen LogP) is 19.8. The van der Waals surface area contributed by atoms with E-state index in [0.29, 0.717) is 0 Å². The van der Waals surface area contributed by atoms with Gasteiger partial charge in [-0.2, -0.15) is 0 Å². The fourth-order valence-corrected chi connectivity index (χ4v) is 14.0. The molecule has 0 amide bonds. The van der Waals surface area contributed by atoms with Crippen LogP contribution in [0.1, 0.15) is 74.6 Å². The normalized spacial score (nSPS) is 16.3. The summed E-state index contributed by atoms with van der Waals surface area (Å²) in [6.07, 6.45) is 18.2. The van der Waals surface area contributed by atoms with Crippen molar-refractivity contribution in [2.45, 2.75) is 70.6 Å². The molecule has 10 aromatic rings. The molecule has 0 aromatic heterocycles. The van der Waals surface area contributed by atoms with Gasteiger partial charge in [-0.15, -0.1) is 0 Å². The van der Waals surface area contributed by atoms with Crippen molar-refractivity contribution in [3.63, 3.8) is 0 Å². The molecule has 0 atom stereocenters. The number of hydrogen-bond donors (Lipinski definition) is 0. The van der Waals surface area contributed by atoms with Crippen molar-refractivity contribution in [2.24, 2.45) is 0 Å². The number of fused-ring (bicyclic) bond motifs is 8. The second-order valence-electron chi connectivity index (χ2n) is 22.0. The van der Waals surface area contributed by atoms with Crippen LogP contribution >= 0.6 is 0 Å². The van der Waals surface area contributed by atoms with E-state index in [1.807, 2.05) is 0 Å². The number of aryl methyl sites for hydroxylation is 2. The fraction of sp³-hybridized carbons (Fsp3) is 0.151. The molecule has 0 radical (unpaired) electrons. The highest BCUT2D eigenvalue weighted by Crippen LogP contribution is 2.54. The summed E-state index contributed by atoms with van der Waals surface area (Å²) < 4.78 is 0. The summed E-state index contributed by atoms with van der Waals surface area (Å²) in [5.74, 6) is 0. The first kappa shape index (κ1) is 44.1. The van der Waals surface area contributed by atoms with Gasteiger partial charge >= 0.3 is 0 Å². The van der Waals surface area contributed by atoms with Crippen molar-refractivity contribution in [1.82, 2.24) is 0 Å². The van der Waals surface area contributed by atoms with E-state index in [1.54, 1.807) is 11.1 Å². The molecule has 0 N–H and O–H groups in total. The average Bonchev–Trinajstić information content (AvgIpc) is 3.60. The minimum absolute atomic E-state index is 0.158. The highest BCUT2D eigenvalue weighted by molar-refractivity contribution is 6.24. The zero-order valence-corrected chi connectivity index (χ0v) is 42.8. The Morgan fingerprint density at radius 2 is 0.893 bits per heavy atom. The number of anilines is 4. The van der Waals surface area contributed by atoms with E-state index in [4.69, 9.17) is 0 Å². The average molecular weight is 963 g/mol. The van der Waals surface area contributed by atoms with Gasteiger partial charge in [-0.1, -0.05) is 178 Å². The lowest BCUT2D eigenvalue weighted by Crippen LogP contribution is -2.18. The molecule has 2 heteroatoms. The third-order valence-electron chi connectivity index (χ3n) is 17.6. The van der Waals surface area contributed by atoms with E-state index in [0.717, 1.165) is 51.4 Å². The zero-order chi connectivity index (χ0) is 49.8. The Morgan fingerprint density at radius 1 is 0.360 bits per heavy atom. The molecular weight excluding hydrogens is 905 g/mol. The highest BCUT2D eigenvalue weighted by atomic mass is 15.2. The Labute approximate surface area is 440 Å². The maximum Gasteiger partial charge on any atom is 0.0493 e. The lowest BCUT2D eigenvalue weighted by atomic mass is 9.80. The number of benzene rings is 10. The second-order valence-corrected chi connectivity index (χ2v) is 22.0. The Bertz CT molecular complexity index is 4170. The SMILES string of the molecule is CC1(C)c2ccccc2-c2ccc(-c3c4cc(N5C6=C(CCC=C6)CCc6ccccc65)ccc4c(-c4ccccc4-c4cccc5ccccc45)c4cc(N5C6=C(CCC=C6)CCc6ccccc65)ccc34)cc21. The molecule has 0 saturated carbocycles. The Morgan fingerprint density at radius 3 is 1.59 bits per heavy atom. The van der Waals surface area contributed by atoms with Gasteiger partial charge in [0.15, 0.2) is 0 Å². The molecule has 0 fully saturated rings. The molecule has 2 aliphatic heterocycles. The lowest BCUT2D eigenvalue weighted by molar-refractivity contribution is 0.660. The van der Waals surface area contributed by atoms with Crippen LogP contribution in [-0.4, -0.2) is 0 Å². The summed E-state index contributed by atoms with van der Waals surface area (Å²) in [4.78, 5) is 5.19. The summed E-state index contributed by atoms with van der Waals surface area (Å²) in [5, 5.41) is 7.52. The van der Waals surface area contributed by atoms with E-state index >= 15 is 0 Å². The molecule has 3 aliphatic carbocycles. The summed E-state index contributed by atoms with van der Waals surface area (Å²) in [5.41, 5.74) is 26.3. The summed E-state index contributed by atoms with van der Waals surface area (Å²) >= 11 is 0. The van der Waals surface area contributed by atoms with Crippen molar-refractivity contribution in [1.29, 1.82) is 0 Å². The van der Waals surface area contributed by atoms with Gasteiger partial charge in [0.2, 0.25) is 0 Å². The highest BCUT2D eigenvalue weighted by Gasteiger charge is 2.36. The van der Waals surface area contributed by atoms with Gasteiger partial charge < -0.3 is 9.80 Å². The van der Waals surface area contributed by atoms with Crippen LogP contribution in [0.4, 0.5) is 22.7 Å². The summed E-state index contributed by atoms with van der Waals surface area (Å²) in [6, 6.07) is 74.5. The van der Waals surface area contributed by atoms with Gasteiger partial charge in [-0.05, 0) is 216 Å².